The van der Waals surface area contributed by atoms with Crippen LogP contribution in [0.25, 0.3) is 0 Å². The van der Waals surface area contributed by atoms with Gasteiger partial charge in [0.25, 0.3) is 11.8 Å². The molecule has 2 amide bonds. The Bertz CT molecular complexity index is 1290. The van der Waals surface area contributed by atoms with Crippen molar-refractivity contribution >= 4 is 35.0 Å². The molecule has 0 radical (unpaired) electrons. The molecule has 0 fully saturated rings. The predicted molar refractivity (Wildman–Crippen MR) is 129 cm³/mol. The molecule has 5 nitrogen and oxygen atoms in total. The van der Waals surface area contributed by atoms with Crippen molar-refractivity contribution < 1.29 is 27.5 Å². The number of alkyl halides is 3. The Kier molecular flexibility index (Phi) is 6.88. The first kappa shape index (κ1) is 24.4. The lowest BCUT2D eigenvalue weighted by Gasteiger charge is -2.17. The molecule has 180 valence electrons. The number of amides is 2. The number of anilines is 2. The molecule has 0 saturated carbocycles. The van der Waals surface area contributed by atoms with Gasteiger partial charge in [-0.05, 0) is 68.4 Å². The van der Waals surface area contributed by atoms with E-state index in [1.807, 2.05) is 38.1 Å². The summed E-state index contributed by atoms with van der Waals surface area (Å²) >= 11 is 1.08. The van der Waals surface area contributed by atoms with Crippen LogP contribution in [0.5, 0.6) is 5.75 Å². The van der Waals surface area contributed by atoms with Gasteiger partial charge in [-0.1, -0.05) is 35.5 Å². The third kappa shape index (κ3) is 5.35. The third-order valence-corrected chi connectivity index (χ3v) is 6.24. The second-order valence-electron chi connectivity index (χ2n) is 7.70. The Balaban J connectivity index is 1.72. The quantitative estimate of drug-likeness (QED) is 0.382. The van der Waals surface area contributed by atoms with Crippen LogP contribution in [0, 0.1) is 6.92 Å². The molecular formula is C26H21F3N2O3S. The summed E-state index contributed by atoms with van der Waals surface area (Å²) in [4.78, 5) is 28.3. The Labute approximate surface area is 204 Å². The van der Waals surface area contributed by atoms with Crippen molar-refractivity contribution in [1.82, 2.24) is 0 Å². The highest BCUT2D eigenvalue weighted by molar-refractivity contribution is 8.04. The molecule has 3 aromatic carbocycles. The summed E-state index contributed by atoms with van der Waals surface area (Å²) in [6, 6.07) is 18.3. The molecule has 0 aliphatic carbocycles. The van der Waals surface area contributed by atoms with Crippen molar-refractivity contribution in [1.29, 1.82) is 0 Å². The third-order valence-electron chi connectivity index (χ3n) is 5.15. The van der Waals surface area contributed by atoms with Crippen LogP contribution in [-0.2, 0) is 15.8 Å². The summed E-state index contributed by atoms with van der Waals surface area (Å²) in [5.41, 5.74) is 0.437. The van der Waals surface area contributed by atoms with Crippen molar-refractivity contribution in [2.45, 2.75) is 24.9 Å². The van der Waals surface area contributed by atoms with Gasteiger partial charge in [0, 0.05) is 10.6 Å². The fourth-order valence-electron chi connectivity index (χ4n) is 3.44. The molecule has 1 N–H and O–H groups in total. The van der Waals surface area contributed by atoms with Gasteiger partial charge in [0.2, 0.25) is 0 Å². The molecule has 0 atom stereocenters. The lowest BCUT2D eigenvalue weighted by molar-refractivity contribution is -0.137. The van der Waals surface area contributed by atoms with Crippen LogP contribution in [0.4, 0.5) is 24.5 Å². The van der Waals surface area contributed by atoms with E-state index in [1.54, 1.807) is 24.3 Å². The highest BCUT2D eigenvalue weighted by atomic mass is 32.2. The van der Waals surface area contributed by atoms with E-state index < -0.39 is 23.6 Å². The van der Waals surface area contributed by atoms with E-state index in [0.717, 1.165) is 34.4 Å². The first-order valence-corrected chi connectivity index (χ1v) is 11.5. The molecule has 0 spiro atoms. The molecule has 3 aromatic rings. The van der Waals surface area contributed by atoms with E-state index in [0.29, 0.717) is 22.9 Å². The second kappa shape index (κ2) is 9.87. The zero-order chi connectivity index (χ0) is 25.2. The minimum Gasteiger partial charge on any atom is -0.494 e. The van der Waals surface area contributed by atoms with Gasteiger partial charge in [-0.25, -0.2) is 4.90 Å². The Hall–Kier alpha value is -3.72. The highest BCUT2D eigenvalue weighted by Crippen LogP contribution is 2.39. The van der Waals surface area contributed by atoms with Crippen molar-refractivity contribution in [2.75, 3.05) is 16.8 Å². The zero-order valence-corrected chi connectivity index (χ0v) is 19.7. The maximum absolute atomic E-state index is 13.4. The van der Waals surface area contributed by atoms with Crippen molar-refractivity contribution in [3.8, 4) is 5.75 Å². The van der Waals surface area contributed by atoms with Crippen LogP contribution < -0.4 is 15.0 Å². The van der Waals surface area contributed by atoms with Crippen molar-refractivity contribution in [3.05, 3.63) is 94.5 Å². The summed E-state index contributed by atoms with van der Waals surface area (Å²) < 4.78 is 45.2. The molecule has 0 bridgehead atoms. The predicted octanol–water partition coefficient (Wildman–Crippen LogP) is 6.40. The van der Waals surface area contributed by atoms with Gasteiger partial charge in [0.05, 0.1) is 17.9 Å². The van der Waals surface area contributed by atoms with Crippen LogP contribution in [0.1, 0.15) is 18.1 Å². The smallest absolute Gasteiger partial charge is 0.416 e. The molecule has 1 aliphatic heterocycles. The fourth-order valence-corrected chi connectivity index (χ4v) is 4.37. The monoisotopic (exact) mass is 498 g/mol. The number of thioether (sulfide) groups is 1. The molecule has 4 rings (SSSR count). The van der Waals surface area contributed by atoms with E-state index in [9.17, 15) is 22.8 Å². The largest absolute Gasteiger partial charge is 0.494 e. The van der Waals surface area contributed by atoms with Crippen LogP contribution in [-0.4, -0.2) is 18.4 Å². The first-order chi connectivity index (χ1) is 16.7. The molecule has 0 unspecified atom stereocenters. The number of hydrogen-bond donors (Lipinski definition) is 1. The number of hydrogen-bond acceptors (Lipinski definition) is 5. The topological polar surface area (TPSA) is 58.6 Å². The van der Waals surface area contributed by atoms with E-state index in [2.05, 4.69) is 5.32 Å². The summed E-state index contributed by atoms with van der Waals surface area (Å²) in [6.45, 7) is 4.27. The van der Waals surface area contributed by atoms with Gasteiger partial charge in [-0.2, -0.15) is 13.2 Å². The molecule has 0 aromatic heterocycles. The highest BCUT2D eigenvalue weighted by Gasteiger charge is 2.41. The van der Waals surface area contributed by atoms with Crippen LogP contribution in [0.2, 0.25) is 0 Å². The number of carbonyl (C=O) groups excluding carboxylic acids is 2. The number of benzene rings is 3. The average molecular weight is 499 g/mol. The van der Waals surface area contributed by atoms with Gasteiger partial charge in [0.1, 0.15) is 16.4 Å². The Morgan fingerprint density at radius 1 is 0.943 bits per heavy atom. The van der Waals surface area contributed by atoms with Gasteiger partial charge in [0.15, 0.2) is 0 Å². The number of aryl methyl sites for hydroxylation is 1. The summed E-state index contributed by atoms with van der Waals surface area (Å²) in [5.74, 6) is -0.799. The fraction of sp³-hybridized carbons (Fsp3) is 0.154. The van der Waals surface area contributed by atoms with Crippen LogP contribution in [0.3, 0.4) is 0 Å². The van der Waals surface area contributed by atoms with E-state index in [4.69, 9.17) is 4.74 Å². The molecule has 1 heterocycles. The number of rotatable bonds is 7. The number of carbonyl (C=O) groups is 2. The number of imide groups is 1. The van der Waals surface area contributed by atoms with E-state index >= 15 is 0 Å². The second-order valence-corrected chi connectivity index (χ2v) is 8.78. The maximum Gasteiger partial charge on any atom is 0.416 e. The summed E-state index contributed by atoms with van der Waals surface area (Å²) in [6.07, 6.45) is -4.61. The van der Waals surface area contributed by atoms with Gasteiger partial charge >= 0.3 is 6.18 Å². The number of ether oxygens (including phenoxy) is 1. The van der Waals surface area contributed by atoms with Crippen LogP contribution >= 0.6 is 11.8 Å². The van der Waals surface area contributed by atoms with Gasteiger partial charge in [-0.3, -0.25) is 9.59 Å². The normalized spacial score (nSPS) is 14.0. The van der Waals surface area contributed by atoms with Gasteiger partial charge in [-0.15, -0.1) is 0 Å². The Morgan fingerprint density at radius 3 is 2.26 bits per heavy atom. The summed E-state index contributed by atoms with van der Waals surface area (Å²) in [5, 5.41) is 2.99. The zero-order valence-electron chi connectivity index (χ0n) is 18.8. The minimum atomic E-state index is -4.61. The average Bonchev–Trinajstić information content (AvgIpc) is 3.05. The number of nitrogens with zero attached hydrogens (tertiary/aromatic N) is 1. The SMILES string of the molecule is CCOc1ccc(NC2=C(Sc3ccc(C)cc3)C(=O)N(c3cccc(C(F)(F)F)c3)C2=O)cc1. The van der Waals surface area contributed by atoms with Gasteiger partial charge < -0.3 is 10.1 Å². The maximum atomic E-state index is 13.4. The van der Waals surface area contributed by atoms with E-state index in [1.165, 1.54) is 12.1 Å². The lowest BCUT2D eigenvalue weighted by Crippen LogP contribution is -2.32. The summed E-state index contributed by atoms with van der Waals surface area (Å²) in [7, 11) is 0. The molecular weight excluding hydrogens is 477 g/mol. The standard InChI is InChI=1S/C26H21F3N2O3S/c1-3-34-20-11-9-18(10-12-20)30-22-23(35-21-13-7-16(2)8-14-21)25(33)31(24(22)32)19-6-4-5-17(15-19)26(27,28)29/h4-15,30H,3H2,1-2H3. The molecule has 9 heteroatoms. The molecule has 35 heavy (non-hydrogen) atoms. The van der Waals surface area contributed by atoms with E-state index in [-0.39, 0.29) is 16.3 Å². The minimum absolute atomic E-state index is 0.0119. The Morgan fingerprint density at radius 2 is 1.63 bits per heavy atom. The van der Waals surface area contributed by atoms with Crippen molar-refractivity contribution in [2.24, 2.45) is 0 Å². The number of nitrogens with one attached hydrogen (secondary N) is 1. The van der Waals surface area contributed by atoms with Crippen molar-refractivity contribution in [3.63, 3.8) is 0 Å². The first-order valence-electron chi connectivity index (χ1n) is 10.7. The molecule has 0 saturated heterocycles. The number of halogens is 3. The molecule has 1 aliphatic rings. The lowest BCUT2D eigenvalue weighted by atomic mass is 10.2. The van der Waals surface area contributed by atoms with Crippen LogP contribution in [0.15, 0.2) is 88.3 Å².